The van der Waals surface area contributed by atoms with Crippen molar-refractivity contribution < 1.29 is 19.8 Å². The van der Waals surface area contributed by atoms with Crippen LogP contribution in [0, 0.1) is 0 Å². The Labute approximate surface area is 81.6 Å². The molecule has 14 heavy (non-hydrogen) atoms. The van der Waals surface area contributed by atoms with Gasteiger partial charge in [0, 0.05) is 12.6 Å². The van der Waals surface area contributed by atoms with Crippen LogP contribution in [0.1, 0.15) is 19.8 Å². The summed E-state index contributed by atoms with van der Waals surface area (Å²) in [4.78, 5) is 23.2. The number of carbonyl (C=O) groups excluding carboxylic acids is 1. The fourth-order valence-corrected chi connectivity index (χ4v) is 1.31. The standard InChI is InChI=1S/C9H13NO4/c1-6(11)4-10-5-7(9(13)14)2-3-8(10)12/h5-6,11H,2-4H2,1H3,(H,13,14). The number of β-amino-alcohol motifs (C(OH)–C–C–N with tert-alkyl or cyclic N) is 1. The first kappa shape index (κ1) is 10.7. The van der Waals surface area contributed by atoms with Gasteiger partial charge in [0.1, 0.15) is 0 Å². The number of aliphatic carboxylic acids is 1. The lowest BCUT2D eigenvalue weighted by atomic mass is 10.1. The van der Waals surface area contributed by atoms with Crippen LogP contribution in [-0.2, 0) is 9.59 Å². The number of rotatable bonds is 3. The fourth-order valence-electron chi connectivity index (χ4n) is 1.31. The van der Waals surface area contributed by atoms with E-state index in [1.807, 2.05) is 0 Å². The third-order valence-corrected chi connectivity index (χ3v) is 1.98. The highest BCUT2D eigenvalue weighted by Gasteiger charge is 2.22. The van der Waals surface area contributed by atoms with Gasteiger partial charge in [-0.3, -0.25) is 4.79 Å². The normalized spacial score (nSPS) is 19.1. The Kier molecular flexibility index (Phi) is 3.24. The molecule has 1 aliphatic heterocycles. The molecule has 5 heteroatoms. The van der Waals surface area contributed by atoms with Crippen molar-refractivity contribution in [2.75, 3.05) is 6.54 Å². The summed E-state index contributed by atoms with van der Waals surface area (Å²) in [6.07, 6.45) is 1.12. The van der Waals surface area contributed by atoms with E-state index in [0.29, 0.717) is 0 Å². The molecule has 0 fully saturated rings. The molecule has 0 aromatic rings. The summed E-state index contributed by atoms with van der Waals surface area (Å²) in [5.74, 6) is -1.15. The Morgan fingerprint density at radius 1 is 1.64 bits per heavy atom. The topological polar surface area (TPSA) is 77.8 Å². The maximum atomic E-state index is 11.3. The van der Waals surface area contributed by atoms with Gasteiger partial charge < -0.3 is 15.1 Å². The minimum atomic E-state index is -1.01. The zero-order valence-electron chi connectivity index (χ0n) is 7.93. The van der Waals surface area contributed by atoms with Gasteiger partial charge in [-0.2, -0.15) is 0 Å². The van der Waals surface area contributed by atoms with Gasteiger partial charge in [0.15, 0.2) is 0 Å². The predicted octanol–water partition coefficient (Wildman–Crippen LogP) is -0.0419. The zero-order chi connectivity index (χ0) is 10.7. The van der Waals surface area contributed by atoms with Crippen molar-refractivity contribution in [2.24, 2.45) is 0 Å². The second-order valence-electron chi connectivity index (χ2n) is 3.35. The van der Waals surface area contributed by atoms with E-state index in [4.69, 9.17) is 10.2 Å². The molecular formula is C9H13NO4. The molecule has 0 bridgehead atoms. The van der Waals surface area contributed by atoms with Crippen molar-refractivity contribution in [3.63, 3.8) is 0 Å². The number of carboxylic acid groups (broad SMARTS) is 1. The third-order valence-electron chi connectivity index (χ3n) is 1.98. The quantitative estimate of drug-likeness (QED) is 0.668. The molecule has 0 saturated carbocycles. The van der Waals surface area contributed by atoms with Crippen molar-refractivity contribution >= 4 is 11.9 Å². The zero-order valence-corrected chi connectivity index (χ0v) is 7.93. The number of amides is 1. The fraction of sp³-hybridized carbons (Fsp3) is 0.556. The van der Waals surface area contributed by atoms with Gasteiger partial charge in [0.25, 0.3) is 0 Å². The first-order valence-corrected chi connectivity index (χ1v) is 4.42. The van der Waals surface area contributed by atoms with Crippen molar-refractivity contribution in [1.29, 1.82) is 0 Å². The van der Waals surface area contributed by atoms with E-state index in [9.17, 15) is 9.59 Å². The third kappa shape index (κ3) is 2.56. The average molecular weight is 199 g/mol. The summed E-state index contributed by atoms with van der Waals surface area (Å²) in [5, 5.41) is 17.8. The van der Waals surface area contributed by atoms with Crippen LogP contribution in [0.3, 0.4) is 0 Å². The lowest BCUT2D eigenvalue weighted by Gasteiger charge is -2.24. The highest BCUT2D eigenvalue weighted by atomic mass is 16.4. The molecule has 1 heterocycles. The van der Waals surface area contributed by atoms with Gasteiger partial charge in [-0.15, -0.1) is 0 Å². The van der Waals surface area contributed by atoms with Gasteiger partial charge in [-0.25, -0.2) is 4.79 Å². The molecule has 5 nitrogen and oxygen atoms in total. The van der Waals surface area contributed by atoms with Gasteiger partial charge in [0.2, 0.25) is 5.91 Å². The minimum absolute atomic E-state index is 0.143. The predicted molar refractivity (Wildman–Crippen MR) is 48.3 cm³/mol. The van der Waals surface area contributed by atoms with Crippen LogP contribution in [0.4, 0.5) is 0 Å². The number of aliphatic hydroxyl groups excluding tert-OH is 1. The van der Waals surface area contributed by atoms with E-state index in [-0.39, 0.29) is 30.9 Å². The summed E-state index contributed by atoms with van der Waals surface area (Å²) >= 11 is 0. The second-order valence-corrected chi connectivity index (χ2v) is 3.35. The molecule has 1 atom stereocenters. The van der Waals surface area contributed by atoms with Crippen LogP contribution in [0.15, 0.2) is 11.8 Å². The second kappa shape index (κ2) is 4.23. The summed E-state index contributed by atoms with van der Waals surface area (Å²) in [6.45, 7) is 1.70. The first-order chi connectivity index (χ1) is 6.50. The summed E-state index contributed by atoms with van der Waals surface area (Å²) in [5.41, 5.74) is 0.213. The molecule has 0 spiro atoms. The Balaban J connectivity index is 2.75. The number of hydrogen-bond acceptors (Lipinski definition) is 3. The van der Waals surface area contributed by atoms with Crippen molar-refractivity contribution in [3.8, 4) is 0 Å². The Bertz CT molecular complexity index is 283. The summed E-state index contributed by atoms with van der Waals surface area (Å²) < 4.78 is 0. The molecule has 78 valence electrons. The molecule has 0 aliphatic carbocycles. The molecular weight excluding hydrogens is 186 g/mol. The van der Waals surface area contributed by atoms with Crippen LogP contribution in [0.25, 0.3) is 0 Å². The average Bonchev–Trinajstić information content (AvgIpc) is 2.07. The maximum absolute atomic E-state index is 11.3. The molecule has 2 N–H and O–H groups in total. The molecule has 1 unspecified atom stereocenters. The highest BCUT2D eigenvalue weighted by molar-refractivity contribution is 5.90. The Morgan fingerprint density at radius 2 is 2.29 bits per heavy atom. The van der Waals surface area contributed by atoms with Gasteiger partial charge in [-0.1, -0.05) is 0 Å². The Morgan fingerprint density at radius 3 is 2.79 bits per heavy atom. The lowest BCUT2D eigenvalue weighted by molar-refractivity contribution is -0.134. The maximum Gasteiger partial charge on any atom is 0.333 e. The first-order valence-electron chi connectivity index (χ1n) is 4.42. The minimum Gasteiger partial charge on any atom is -0.478 e. The van der Waals surface area contributed by atoms with E-state index in [1.165, 1.54) is 11.1 Å². The number of hydrogen-bond donors (Lipinski definition) is 2. The monoisotopic (exact) mass is 199 g/mol. The largest absolute Gasteiger partial charge is 0.478 e. The lowest BCUT2D eigenvalue weighted by Crippen LogP contribution is -2.35. The van der Waals surface area contributed by atoms with E-state index < -0.39 is 12.1 Å². The molecule has 1 aliphatic rings. The van der Waals surface area contributed by atoms with E-state index in [2.05, 4.69) is 0 Å². The van der Waals surface area contributed by atoms with Crippen LogP contribution < -0.4 is 0 Å². The molecule has 0 aromatic carbocycles. The summed E-state index contributed by atoms with van der Waals surface area (Å²) in [7, 11) is 0. The van der Waals surface area contributed by atoms with E-state index in [0.717, 1.165) is 0 Å². The van der Waals surface area contributed by atoms with Crippen molar-refractivity contribution in [1.82, 2.24) is 4.90 Å². The number of aliphatic hydroxyl groups is 1. The molecule has 0 radical (unpaired) electrons. The van der Waals surface area contributed by atoms with Crippen LogP contribution in [0.2, 0.25) is 0 Å². The van der Waals surface area contributed by atoms with Crippen LogP contribution in [0.5, 0.6) is 0 Å². The van der Waals surface area contributed by atoms with Gasteiger partial charge >= 0.3 is 5.97 Å². The number of carboxylic acids is 1. The van der Waals surface area contributed by atoms with E-state index >= 15 is 0 Å². The number of carbonyl (C=O) groups is 2. The van der Waals surface area contributed by atoms with Crippen molar-refractivity contribution in [2.45, 2.75) is 25.9 Å². The molecule has 0 saturated heterocycles. The SMILES string of the molecule is CC(O)CN1C=C(C(=O)O)CCC1=O. The van der Waals surface area contributed by atoms with Gasteiger partial charge in [-0.05, 0) is 13.3 Å². The van der Waals surface area contributed by atoms with Gasteiger partial charge in [0.05, 0.1) is 18.2 Å². The number of nitrogens with zero attached hydrogens (tertiary/aromatic N) is 1. The van der Waals surface area contributed by atoms with Crippen molar-refractivity contribution in [3.05, 3.63) is 11.8 Å². The van der Waals surface area contributed by atoms with E-state index in [1.54, 1.807) is 6.92 Å². The molecule has 1 rings (SSSR count). The molecule has 1 amide bonds. The summed E-state index contributed by atoms with van der Waals surface area (Å²) in [6, 6.07) is 0. The van der Waals surface area contributed by atoms with Crippen LogP contribution in [-0.4, -0.2) is 39.6 Å². The smallest absolute Gasteiger partial charge is 0.333 e. The molecule has 0 aromatic heterocycles. The van der Waals surface area contributed by atoms with Crippen LogP contribution >= 0.6 is 0 Å². The Hall–Kier alpha value is -1.36. The highest BCUT2D eigenvalue weighted by Crippen LogP contribution is 2.16.